The van der Waals surface area contributed by atoms with E-state index in [1.54, 1.807) is 12.1 Å². The van der Waals surface area contributed by atoms with Gasteiger partial charge in [-0.25, -0.2) is 13.2 Å². The van der Waals surface area contributed by atoms with E-state index in [1.807, 2.05) is 0 Å². The number of anilines is 1. The zero-order chi connectivity index (χ0) is 20.7. The highest BCUT2D eigenvalue weighted by Gasteiger charge is 2.25. The van der Waals surface area contributed by atoms with Crippen LogP contribution in [0.25, 0.3) is 0 Å². The number of methoxy groups -OCH3 is 1. The molecule has 1 aliphatic heterocycles. The molecule has 0 spiro atoms. The lowest BCUT2D eigenvalue weighted by Crippen LogP contribution is -2.34. The van der Waals surface area contributed by atoms with E-state index < -0.39 is 28.5 Å². The van der Waals surface area contributed by atoms with E-state index >= 15 is 0 Å². The minimum Gasteiger partial charge on any atom is -0.469 e. The molecular weight excluding hydrogens is 388 g/mol. The summed E-state index contributed by atoms with van der Waals surface area (Å²) in [7, 11) is -2.09. The van der Waals surface area contributed by atoms with Crippen molar-refractivity contribution < 1.29 is 32.3 Å². The minimum atomic E-state index is -3.38. The molecule has 10 heteroatoms. The first-order valence-corrected chi connectivity index (χ1v) is 10.7. The normalized spacial score (nSPS) is 13.4. The summed E-state index contributed by atoms with van der Waals surface area (Å²) in [4.78, 5) is 34.8. The SMILES string of the molecule is COC(=O)CCCNC(=O)COC(=O)c1ccc2c(c1)CCCN2S(C)(=O)=O. The lowest BCUT2D eigenvalue weighted by molar-refractivity contribution is -0.140. The number of benzene rings is 1. The number of rotatable bonds is 8. The van der Waals surface area contributed by atoms with E-state index in [2.05, 4.69) is 10.1 Å². The van der Waals surface area contributed by atoms with E-state index in [1.165, 1.54) is 17.5 Å². The molecule has 0 aromatic heterocycles. The van der Waals surface area contributed by atoms with Gasteiger partial charge in [-0.15, -0.1) is 0 Å². The van der Waals surface area contributed by atoms with Gasteiger partial charge in [0.1, 0.15) is 0 Å². The first kappa shape index (κ1) is 21.7. The van der Waals surface area contributed by atoms with Crippen molar-refractivity contribution in [1.29, 1.82) is 0 Å². The Labute approximate surface area is 164 Å². The van der Waals surface area contributed by atoms with Gasteiger partial charge in [0.05, 0.1) is 24.6 Å². The summed E-state index contributed by atoms with van der Waals surface area (Å²) >= 11 is 0. The molecule has 1 aromatic rings. The predicted octanol–water partition coefficient (Wildman–Crippen LogP) is 0.625. The highest BCUT2D eigenvalue weighted by molar-refractivity contribution is 7.92. The molecule has 154 valence electrons. The Kier molecular flexibility index (Phi) is 7.38. The Bertz CT molecular complexity index is 851. The molecule has 0 fully saturated rings. The maximum Gasteiger partial charge on any atom is 0.338 e. The molecule has 28 heavy (non-hydrogen) atoms. The number of nitrogens with one attached hydrogen (secondary N) is 1. The van der Waals surface area contributed by atoms with Gasteiger partial charge in [-0.05, 0) is 43.0 Å². The summed E-state index contributed by atoms with van der Waals surface area (Å²) in [5, 5.41) is 2.54. The number of hydrogen-bond acceptors (Lipinski definition) is 7. The molecule has 0 radical (unpaired) electrons. The topological polar surface area (TPSA) is 119 Å². The predicted molar refractivity (Wildman–Crippen MR) is 101 cm³/mol. The van der Waals surface area contributed by atoms with Crippen LogP contribution in [0.15, 0.2) is 18.2 Å². The first-order valence-electron chi connectivity index (χ1n) is 8.83. The summed E-state index contributed by atoms with van der Waals surface area (Å²) < 4.78 is 34.6. The van der Waals surface area contributed by atoms with Gasteiger partial charge in [0, 0.05) is 19.5 Å². The van der Waals surface area contributed by atoms with Crippen LogP contribution in [-0.2, 0) is 35.5 Å². The number of esters is 2. The van der Waals surface area contributed by atoms with E-state index in [0.29, 0.717) is 31.5 Å². The van der Waals surface area contributed by atoms with E-state index in [-0.39, 0.29) is 24.5 Å². The van der Waals surface area contributed by atoms with Crippen molar-refractivity contribution in [3.8, 4) is 0 Å². The molecular formula is C18H24N2O7S. The second-order valence-corrected chi connectivity index (χ2v) is 8.29. The molecule has 0 unspecified atom stereocenters. The number of amides is 1. The van der Waals surface area contributed by atoms with Crippen LogP contribution >= 0.6 is 0 Å². The van der Waals surface area contributed by atoms with Crippen LogP contribution in [0.4, 0.5) is 5.69 Å². The van der Waals surface area contributed by atoms with Gasteiger partial charge in [-0.2, -0.15) is 0 Å². The van der Waals surface area contributed by atoms with Gasteiger partial charge in [0.2, 0.25) is 10.0 Å². The van der Waals surface area contributed by atoms with Crippen LogP contribution < -0.4 is 9.62 Å². The second-order valence-electron chi connectivity index (χ2n) is 6.39. The molecule has 0 atom stereocenters. The summed E-state index contributed by atoms with van der Waals surface area (Å²) in [5.74, 6) is -1.49. The molecule has 9 nitrogen and oxygen atoms in total. The molecule has 0 saturated heterocycles. The number of nitrogens with zero attached hydrogens (tertiary/aromatic N) is 1. The highest BCUT2D eigenvalue weighted by Crippen LogP contribution is 2.30. The number of fused-ring (bicyclic) bond motifs is 1. The van der Waals surface area contributed by atoms with Crippen molar-refractivity contribution in [2.24, 2.45) is 0 Å². The van der Waals surface area contributed by atoms with E-state index in [9.17, 15) is 22.8 Å². The lowest BCUT2D eigenvalue weighted by Gasteiger charge is -2.29. The maximum atomic E-state index is 12.2. The van der Waals surface area contributed by atoms with Crippen molar-refractivity contribution >= 4 is 33.6 Å². The van der Waals surface area contributed by atoms with E-state index in [0.717, 1.165) is 11.8 Å². The van der Waals surface area contributed by atoms with Crippen molar-refractivity contribution in [3.05, 3.63) is 29.3 Å². The van der Waals surface area contributed by atoms with Gasteiger partial charge < -0.3 is 14.8 Å². The maximum absolute atomic E-state index is 12.2. The average molecular weight is 412 g/mol. The number of aryl methyl sites for hydroxylation is 1. The molecule has 1 aromatic carbocycles. The fraction of sp³-hybridized carbons (Fsp3) is 0.500. The Balaban J connectivity index is 1.88. The third-order valence-corrected chi connectivity index (χ3v) is 5.41. The Morgan fingerprint density at radius 2 is 2.00 bits per heavy atom. The Morgan fingerprint density at radius 1 is 1.25 bits per heavy atom. The second kappa shape index (κ2) is 9.54. The number of hydrogen-bond donors (Lipinski definition) is 1. The average Bonchev–Trinajstić information content (AvgIpc) is 2.67. The zero-order valence-electron chi connectivity index (χ0n) is 15.9. The summed E-state index contributed by atoms with van der Waals surface area (Å²) in [6, 6.07) is 4.67. The van der Waals surface area contributed by atoms with Crippen LogP contribution in [0.5, 0.6) is 0 Å². The van der Waals surface area contributed by atoms with Crippen molar-refractivity contribution in [1.82, 2.24) is 5.32 Å². The molecule has 0 bridgehead atoms. The molecule has 0 saturated carbocycles. The molecule has 0 aliphatic carbocycles. The summed E-state index contributed by atoms with van der Waals surface area (Å²) in [6.45, 7) is 0.237. The van der Waals surface area contributed by atoms with Crippen LogP contribution in [0.2, 0.25) is 0 Å². The van der Waals surface area contributed by atoms with Gasteiger partial charge in [-0.1, -0.05) is 0 Å². The number of sulfonamides is 1. The lowest BCUT2D eigenvalue weighted by atomic mass is 10.0. The molecule has 1 heterocycles. The first-order chi connectivity index (χ1) is 13.2. The smallest absolute Gasteiger partial charge is 0.338 e. The van der Waals surface area contributed by atoms with Crippen molar-refractivity contribution in [3.63, 3.8) is 0 Å². The fourth-order valence-electron chi connectivity index (χ4n) is 2.86. The van der Waals surface area contributed by atoms with Gasteiger partial charge >= 0.3 is 11.9 Å². The Morgan fingerprint density at radius 3 is 2.68 bits per heavy atom. The monoisotopic (exact) mass is 412 g/mol. The van der Waals surface area contributed by atoms with Crippen molar-refractivity contribution in [2.75, 3.05) is 37.4 Å². The molecule has 1 amide bonds. The third-order valence-electron chi connectivity index (χ3n) is 4.23. The Hall–Kier alpha value is -2.62. The van der Waals surface area contributed by atoms with Crippen molar-refractivity contribution in [2.45, 2.75) is 25.7 Å². The van der Waals surface area contributed by atoms with Crippen LogP contribution in [-0.4, -0.2) is 59.3 Å². The summed E-state index contributed by atoms with van der Waals surface area (Å²) in [6.07, 6.45) is 3.08. The number of carbonyl (C=O) groups is 3. The molecule has 2 rings (SSSR count). The highest BCUT2D eigenvalue weighted by atomic mass is 32.2. The number of carbonyl (C=O) groups excluding carboxylic acids is 3. The van der Waals surface area contributed by atoms with Crippen LogP contribution in [0, 0.1) is 0 Å². The largest absolute Gasteiger partial charge is 0.469 e. The minimum absolute atomic E-state index is 0.191. The van der Waals surface area contributed by atoms with Gasteiger partial charge in [0.15, 0.2) is 6.61 Å². The van der Waals surface area contributed by atoms with Gasteiger partial charge in [-0.3, -0.25) is 13.9 Å². The fourth-order valence-corrected chi connectivity index (χ4v) is 3.86. The van der Waals surface area contributed by atoms with E-state index in [4.69, 9.17) is 4.74 Å². The summed E-state index contributed by atoms with van der Waals surface area (Å²) in [5.41, 5.74) is 1.57. The molecule has 1 aliphatic rings. The van der Waals surface area contributed by atoms with Crippen LogP contribution in [0.3, 0.4) is 0 Å². The van der Waals surface area contributed by atoms with Gasteiger partial charge in [0.25, 0.3) is 5.91 Å². The third kappa shape index (κ3) is 5.95. The van der Waals surface area contributed by atoms with Crippen LogP contribution in [0.1, 0.15) is 35.2 Å². The molecule has 1 N–H and O–H groups in total. The standard InChI is InChI=1S/C18H24N2O7S/c1-26-17(22)6-3-9-19-16(21)12-27-18(23)14-7-8-15-13(11-14)5-4-10-20(15)28(2,24)25/h7-8,11H,3-6,9-10,12H2,1-2H3,(H,19,21). The number of ether oxygens (including phenoxy) is 2. The zero-order valence-corrected chi connectivity index (χ0v) is 16.7. The quantitative estimate of drug-likeness (QED) is 0.491.